The Hall–Kier alpha value is -1.44. The molecule has 0 unspecified atom stereocenters. The van der Waals surface area contributed by atoms with Crippen LogP contribution in [0, 0.1) is 0 Å². The number of ether oxygens (including phenoxy) is 1. The molecule has 1 aromatic heterocycles. The molecule has 0 aliphatic carbocycles. The topological polar surface area (TPSA) is 111 Å². The van der Waals surface area contributed by atoms with Crippen LogP contribution in [0.1, 0.15) is 24.3 Å². The molecule has 1 rings (SSSR count). The fraction of sp³-hybridized carbons (Fsp3) is 0.636. The lowest BCUT2D eigenvalue weighted by Crippen LogP contribution is -2.35. The number of aliphatic hydroxyl groups excluding tert-OH is 2. The SMILES string of the molecule is CC(C)(Cn1ccc(C(N)=O)n1)OC[C@@H](O)CO. The van der Waals surface area contributed by atoms with Gasteiger partial charge in [0.1, 0.15) is 11.8 Å². The molecule has 7 nitrogen and oxygen atoms in total. The number of aliphatic hydroxyl groups is 2. The Morgan fingerprint density at radius 1 is 1.67 bits per heavy atom. The molecule has 0 saturated carbocycles. The van der Waals surface area contributed by atoms with Crippen molar-refractivity contribution in [3.8, 4) is 0 Å². The van der Waals surface area contributed by atoms with Crippen LogP contribution in [-0.2, 0) is 11.3 Å². The number of rotatable bonds is 7. The Balaban J connectivity index is 2.55. The molecule has 0 aromatic carbocycles. The zero-order chi connectivity index (χ0) is 13.8. The van der Waals surface area contributed by atoms with Gasteiger partial charge in [0.05, 0.1) is 25.4 Å². The van der Waals surface area contributed by atoms with Crippen molar-refractivity contribution < 1.29 is 19.7 Å². The lowest BCUT2D eigenvalue weighted by molar-refractivity contribution is -0.0790. The number of hydrogen-bond acceptors (Lipinski definition) is 5. The number of aromatic nitrogens is 2. The Morgan fingerprint density at radius 2 is 2.33 bits per heavy atom. The Morgan fingerprint density at radius 3 is 2.83 bits per heavy atom. The van der Waals surface area contributed by atoms with E-state index >= 15 is 0 Å². The molecule has 7 heteroatoms. The number of amides is 1. The molecule has 1 amide bonds. The standard InChI is InChI=1S/C11H19N3O4/c1-11(2,18-6-8(16)5-15)7-14-4-3-9(13-14)10(12)17/h3-4,8,15-16H,5-7H2,1-2H3,(H2,12,17)/t8-/m0/s1. The number of primary amides is 1. The van der Waals surface area contributed by atoms with Gasteiger partial charge in [0.15, 0.2) is 0 Å². The van der Waals surface area contributed by atoms with Crippen LogP contribution in [0.2, 0.25) is 0 Å². The first-order valence-electron chi connectivity index (χ1n) is 5.60. The predicted octanol–water partition coefficient (Wildman–Crippen LogP) is -0.870. The summed E-state index contributed by atoms with van der Waals surface area (Å²) in [6.45, 7) is 3.74. The highest BCUT2D eigenvalue weighted by Gasteiger charge is 2.21. The van der Waals surface area contributed by atoms with E-state index < -0.39 is 17.6 Å². The Labute approximate surface area is 105 Å². The van der Waals surface area contributed by atoms with E-state index in [-0.39, 0.29) is 18.9 Å². The summed E-state index contributed by atoms with van der Waals surface area (Å²) in [4.78, 5) is 10.9. The van der Waals surface area contributed by atoms with Crippen LogP contribution in [-0.4, -0.2) is 50.8 Å². The average molecular weight is 257 g/mol. The smallest absolute Gasteiger partial charge is 0.269 e. The Bertz CT molecular complexity index is 403. The fourth-order valence-electron chi connectivity index (χ4n) is 1.39. The van der Waals surface area contributed by atoms with Crippen LogP contribution >= 0.6 is 0 Å². The molecule has 0 radical (unpaired) electrons. The molecular formula is C11H19N3O4. The van der Waals surface area contributed by atoms with E-state index in [1.54, 1.807) is 10.9 Å². The van der Waals surface area contributed by atoms with E-state index in [9.17, 15) is 9.90 Å². The quantitative estimate of drug-likeness (QED) is 0.588. The normalized spacial score (nSPS) is 13.6. The van der Waals surface area contributed by atoms with Crippen LogP contribution in [0.4, 0.5) is 0 Å². The van der Waals surface area contributed by atoms with Crippen molar-refractivity contribution in [2.45, 2.75) is 32.1 Å². The van der Waals surface area contributed by atoms with E-state index in [0.29, 0.717) is 6.54 Å². The average Bonchev–Trinajstić information content (AvgIpc) is 2.73. The van der Waals surface area contributed by atoms with Gasteiger partial charge in [0.25, 0.3) is 5.91 Å². The van der Waals surface area contributed by atoms with Crippen LogP contribution in [0.5, 0.6) is 0 Å². The molecule has 0 spiro atoms. The summed E-state index contributed by atoms with van der Waals surface area (Å²) in [6, 6.07) is 1.53. The van der Waals surface area contributed by atoms with E-state index in [1.807, 2.05) is 13.8 Å². The third-order valence-corrected chi connectivity index (χ3v) is 2.31. The number of carbonyl (C=O) groups is 1. The second-order valence-corrected chi connectivity index (χ2v) is 4.67. The van der Waals surface area contributed by atoms with Gasteiger partial charge in [0, 0.05) is 6.20 Å². The molecule has 4 N–H and O–H groups in total. The minimum atomic E-state index is -0.900. The zero-order valence-corrected chi connectivity index (χ0v) is 10.5. The molecule has 102 valence electrons. The van der Waals surface area contributed by atoms with Crippen LogP contribution < -0.4 is 5.73 Å². The van der Waals surface area contributed by atoms with Crippen molar-refractivity contribution in [1.82, 2.24) is 9.78 Å². The number of carbonyl (C=O) groups excluding carboxylic acids is 1. The minimum Gasteiger partial charge on any atom is -0.394 e. The van der Waals surface area contributed by atoms with Crippen LogP contribution in [0.15, 0.2) is 12.3 Å². The molecule has 1 aromatic rings. The first-order chi connectivity index (χ1) is 8.34. The highest BCUT2D eigenvalue weighted by molar-refractivity contribution is 5.90. The maximum absolute atomic E-state index is 10.9. The maximum Gasteiger partial charge on any atom is 0.269 e. The third-order valence-electron chi connectivity index (χ3n) is 2.31. The summed E-state index contributed by atoms with van der Waals surface area (Å²) < 4.78 is 7.02. The van der Waals surface area contributed by atoms with Gasteiger partial charge in [-0.3, -0.25) is 9.48 Å². The van der Waals surface area contributed by atoms with Gasteiger partial charge < -0.3 is 20.7 Å². The highest BCUT2D eigenvalue weighted by atomic mass is 16.5. The largest absolute Gasteiger partial charge is 0.394 e. The second-order valence-electron chi connectivity index (χ2n) is 4.67. The number of nitrogens with zero attached hydrogens (tertiary/aromatic N) is 2. The number of hydrogen-bond donors (Lipinski definition) is 3. The third kappa shape index (κ3) is 4.44. The van der Waals surface area contributed by atoms with Gasteiger partial charge in [-0.25, -0.2) is 0 Å². The van der Waals surface area contributed by atoms with Gasteiger partial charge in [-0.15, -0.1) is 0 Å². The summed E-state index contributed by atoms with van der Waals surface area (Å²) in [7, 11) is 0. The molecule has 0 aliphatic heterocycles. The van der Waals surface area contributed by atoms with E-state index in [4.69, 9.17) is 15.6 Å². The number of nitrogens with two attached hydrogens (primary N) is 1. The van der Waals surface area contributed by atoms with Gasteiger partial charge >= 0.3 is 0 Å². The molecule has 18 heavy (non-hydrogen) atoms. The van der Waals surface area contributed by atoms with Crippen LogP contribution in [0.25, 0.3) is 0 Å². The Kier molecular flexibility index (Phi) is 4.83. The van der Waals surface area contributed by atoms with E-state index in [1.165, 1.54) is 6.07 Å². The van der Waals surface area contributed by atoms with Crippen LogP contribution in [0.3, 0.4) is 0 Å². The highest BCUT2D eigenvalue weighted by Crippen LogP contribution is 2.13. The molecule has 0 fully saturated rings. The molecule has 1 heterocycles. The van der Waals surface area contributed by atoms with Crippen molar-refractivity contribution >= 4 is 5.91 Å². The summed E-state index contributed by atoms with van der Waals surface area (Å²) >= 11 is 0. The lowest BCUT2D eigenvalue weighted by Gasteiger charge is -2.26. The molecule has 0 bridgehead atoms. The molecular weight excluding hydrogens is 238 g/mol. The van der Waals surface area contributed by atoms with Crippen molar-refractivity contribution in [2.24, 2.45) is 5.73 Å². The summed E-state index contributed by atoms with van der Waals surface area (Å²) in [5.41, 5.74) is 4.71. The summed E-state index contributed by atoms with van der Waals surface area (Å²) in [6.07, 6.45) is 0.733. The minimum absolute atomic E-state index is 0.0352. The first-order valence-corrected chi connectivity index (χ1v) is 5.60. The molecule has 0 aliphatic rings. The van der Waals surface area contributed by atoms with Gasteiger partial charge in [-0.2, -0.15) is 5.10 Å². The van der Waals surface area contributed by atoms with Gasteiger partial charge in [-0.05, 0) is 19.9 Å². The van der Waals surface area contributed by atoms with Crippen molar-refractivity contribution in [3.63, 3.8) is 0 Å². The zero-order valence-electron chi connectivity index (χ0n) is 10.5. The second kappa shape index (κ2) is 5.94. The van der Waals surface area contributed by atoms with Crippen molar-refractivity contribution in [1.29, 1.82) is 0 Å². The fourth-order valence-corrected chi connectivity index (χ4v) is 1.39. The summed E-state index contributed by atoms with van der Waals surface area (Å²) in [5, 5.41) is 21.9. The lowest BCUT2D eigenvalue weighted by atomic mass is 10.1. The molecule has 1 atom stereocenters. The summed E-state index contributed by atoms with van der Waals surface area (Å²) in [5.74, 6) is -0.580. The van der Waals surface area contributed by atoms with E-state index in [2.05, 4.69) is 5.10 Å². The monoisotopic (exact) mass is 257 g/mol. The van der Waals surface area contributed by atoms with E-state index in [0.717, 1.165) is 0 Å². The molecule has 0 saturated heterocycles. The maximum atomic E-state index is 10.9. The predicted molar refractivity (Wildman–Crippen MR) is 63.9 cm³/mol. The van der Waals surface area contributed by atoms with Gasteiger partial charge in [-0.1, -0.05) is 0 Å². The van der Waals surface area contributed by atoms with Gasteiger partial charge in [0.2, 0.25) is 0 Å². The van der Waals surface area contributed by atoms with Crippen molar-refractivity contribution in [2.75, 3.05) is 13.2 Å². The van der Waals surface area contributed by atoms with Crippen molar-refractivity contribution in [3.05, 3.63) is 18.0 Å². The first kappa shape index (κ1) is 14.6.